The third-order valence-electron chi connectivity index (χ3n) is 8.08. The van der Waals surface area contributed by atoms with Crippen LogP contribution in [0.2, 0.25) is 0 Å². The second kappa shape index (κ2) is 13.7. The van der Waals surface area contributed by atoms with Crippen molar-refractivity contribution in [2.45, 2.75) is 69.0 Å². The maximum atomic E-state index is 13.7. The van der Waals surface area contributed by atoms with E-state index in [1.807, 2.05) is 6.92 Å². The zero-order chi connectivity index (χ0) is 30.4. The Labute approximate surface area is 248 Å². The van der Waals surface area contributed by atoms with Gasteiger partial charge in [0.25, 0.3) is 5.91 Å². The first-order valence-corrected chi connectivity index (χ1v) is 15.9. The van der Waals surface area contributed by atoms with Gasteiger partial charge >= 0.3 is 6.03 Å². The average Bonchev–Trinajstić information content (AvgIpc) is 2.99. The molecule has 1 fully saturated rings. The van der Waals surface area contributed by atoms with Crippen molar-refractivity contribution in [1.82, 2.24) is 14.5 Å². The van der Waals surface area contributed by atoms with Crippen LogP contribution in [-0.2, 0) is 10.0 Å². The van der Waals surface area contributed by atoms with Gasteiger partial charge in [0.2, 0.25) is 10.0 Å². The number of benzene rings is 2. The molecule has 0 radical (unpaired) electrons. The summed E-state index contributed by atoms with van der Waals surface area (Å²) in [4.78, 5) is 28.4. The molecule has 1 heterocycles. The number of rotatable bonds is 9. The molecule has 3 amide bonds. The summed E-state index contributed by atoms with van der Waals surface area (Å²) in [5.41, 5.74) is 0.536. The summed E-state index contributed by atoms with van der Waals surface area (Å²) < 4.78 is 39.7. The molecule has 2 aliphatic rings. The van der Waals surface area contributed by atoms with Crippen molar-refractivity contribution in [2.24, 2.45) is 5.92 Å². The monoisotopic (exact) mass is 602 g/mol. The molecule has 42 heavy (non-hydrogen) atoms. The lowest BCUT2D eigenvalue weighted by Crippen LogP contribution is -2.50. The number of fused-ring (bicyclic) bond motifs is 1. The summed E-state index contributed by atoms with van der Waals surface area (Å²) in [6.07, 6.45) is 4.43. The summed E-state index contributed by atoms with van der Waals surface area (Å²) in [6.45, 7) is 3.60. The van der Waals surface area contributed by atoms with Crippen LogP contribution < -0.4 is 20.1 Å². The van der Waals surface area contributed by atoms with Crippen LogP contribution in [0.25, 0.3) is 0 Å². The van der Waals surface area contributed by atoms with E-state index < -0.39 is 28.2 Å². The predicted molar refractivity (Wildman–Crippen MR) is 159 cm³/mol. The van der Waals surface area contributed by atoms with E-state index in [1.165, 1.54) is 30.6 Å². The molecule has 1 aliphatic carbocycles. The molecule has 4 rings (SSSR count). The van der Waals surface area contributed by atoms with Crippen molar-refractivity contribution in [2.75, 3.05) is 39.2 Å². The van der Waals surface area contributed by atoms with Crippen LogP contribution in [-0.4, -0.2) is 86.7 Å². The van der Waals surface area contributed by atoms with Crippen molar-refractivity contribution in [3.63, 3.8) is 0 Å². The minimum atomic E-state index is -3.88. The fourth-order valence-electron chi connectivity index (χ4n) is 5.43. The number of amides is 3. The normalized spacial score (nSPS) is 20.6. The van der Waals surface area contributed by atoms with Crippen LogP contribution in [0.3, 0.4) is 0 Å². The van der Waals surface area contributed by atoms with Crippen LogP contribution in [0.4, 0.5) is 10.5 Å². The smallest absolute Gasteiger partial charge is 0.319 e. The number of urea groups is 1. The van der Waals surface area contributed by atoms with Crippen LogP contribution in [0.1, 0.15) is 56.3 Å². The molecule has 3 N–H and O–H groups in total. The first-order valence-electron chi connectivity index (χ1n) is 14.4. The van der Waals surface area contributed by atoms with Gasteiger partial charge in [-0.1, -0.05) is 32.3 Å². The minimum absolute atomic E-state index is 0.0207. The molecule has 0 spiro atoms. The van der Waals surface area contributed by atoms with Gasteiger partial charge in [0, 0.05) is 25.6 Å². The molecule has 0 saturated heterocycles. The van der Waals surface area contributed by atoms with E-state index in [9.17, 15) is 23.1 Å². The number of aliphatic hydroxyl groups is 1. The molecule has 2 aromatic carbocycles. The Bertz CT molecular complexity index is 1350. The number of carbonyl (C=O) groups is 2. The van der Waals surface area contributed by atoms with Crippen LogP contribution in [0.15, 0.2) is 47.4 Å². The number of methoxy groups -OCH3 is 1. The predicted octanol–water partition coefficient (Wildman–Crippen LogP) is 3.69. The Morgan fingerprint density at radius 3 is 2.50 bits per heavy atom. The van der Waals surface area contributed by atoms with Crippen molar-refractivity contribution >= 4 is 27.6 Å². The van der Waals surface area contributed by atoms with Crippen molar-refractivity contribution in [3.05, 3.63) is 48.0 Å². The number of hydrogen-bond donors (Lipinski definition) is 3. The molecule has 1 aliphatic heterocycles. The van der Waals surface area contributed by atoms with Crippen LogP contribution in [0.5, 0.6) is 11.5 Å². The zero-order valence-corrected chi connectivity index (χ0v) is 25.5. The van der Waals surface area contributed by atoms with Gasteiger partial charge in [0.1, 0.15) is 11.9 Å². The van der Waals surface area contributed by atoms with E-state index in [2.05, 4.69) is 10.6 Å². The second-order valence-electron chi connectivity index (χ2n) is 11.2. The Balaban J connectivity index is 1.65. The highest BCUT2D eigenvalue weighted by Crippen LogP contribution is 2.35. The van der Waals surface area contributed by atoms with E-state index in [0.29, 0.717) is 11.4 Å². The highest BCUT2D eigenvalue weighted by atomic mass is 32.2. The Hall–Kier alpha value is -3.35. The number of ether oxygens (including phenoxy) is 2. The molecule has 1 saturated carbocycles. The molecular formula is C30H42N4O7S. The molecule has 11 nitrogen and oxygen atoms in total. The summed E-state index contributed by atoms with van der Waals surface area (Å²) >= 11 is 0. The van der Waals surface area contributed by atoms with Gasteiger partial charge in [-0.3, -0.25) is 4.79 Å². The summed E-state index contributed by atoms with van der Waals surface area (Å²) in [6, 6.07) is 10.3. The van der Waals surface area contributed by atoms with E-state index >= 15 is 0 Å². The number of sulfonamides is 1. The Kier molecular flexibility index (Phi) is 10.3. The van der Waals surface area contributed by atoms with E-state index in [4.69, 9.17) is 9.47 Å². The third-order valence-corrected chi connectivity index (χ3v) is 9.92. The lowest BCUT2D eigenvalue weighted by Gasteiger charge is -2.38. The topological polar surface area (TPSA) is 138 Å². The number of hydrogen-bond acceptors (Lipinski definition) is 7. The van der Waals surface area contributed by atoms with Gasteiger partial charge in [0.15, 0.2) is 5.75 Å². The van der Waals surface area contributed by atoms with E-state index in [0.717, 1.165) is 32.1 Å². The largest absolute Gasteiger partial charge is 0.497 e. The van der Waals surface area contributed by atoms with Gasteiger partial charge in [-0.15, -0.1) is 0 Å². The highest BCUT2D eigenvalue weighted by molar-refractivity contribution is 7.89. The van der Waals surface area contributed by atoms with Crippen molar-refractivity contribution in [3.8, 4) is 11.5 Å². The highest BCUT2D eigenvalue weighted by Gasteiger charge is 2.36. The first kappa shape index (κ1) is 31.6. The molecule has 2 aromatic rings. The minimum Gasteiger partial charge on any atom is -0.497 e. The number of anilines is 1. The summed E-state index contributed by atoms with van der Waals surface area (Å²) in [5, 5.41) is 15.8. The first-order chi connectivity index (χ1) is 20.0. The standard InChI is InChI=1S/C30H42N4O7S/c1-20-17-34(21(2)19-35)29(36)25-11-8-12-26(32-30(37)31-22-9-6-5-7-10-22)28(25)41-27(20)18-33(3)42(38,39)24-15-13-23(40-4)14-16-24/h8,11-16,20-22,27,35H,5-7,9-10,17-19H2,1-4H3,(H2,31,32,37)/t20-,21+,27+/m0/s1. The molecule has 0 bridgehead atoms. The second-order valence-corrected chi connectivity index (χ2v) is 13.2. The van der Waals surface area contributed by atoms with Crippen LogP contribution >= 0.6 is 0 Å². The van der Waals surface area contributed by atoms with Gasteiger partial charge in [-0.05, 0) is 56.2 Å². The fourth-order valence-corrected chi connectivity index (χ4v) is 6.61. The number of aliphatic hydroxyl groups excluding tert-OH is 1. The molecule has 0 aromatic heterocycles. The SMILES string of the molecule is COc1ccc(S(=O)(=O)N(C)C[C@H]2Oc3c(NC(=O)NC4CCCCC4)cccc3C(=O)N([C@H](C)CO)C[C@@H]2C)cc1. The van der Waals surface area contributed by atoms with Gasteiger partial charge in [-0.25, -0.2) is 13.2 Å². The fraction of sp³-hybridized carbons (Fsp3) is 0.533. The molecule has 12 heteroatoms. The van der Waals surface area contributed by atoms with Gasteiger partial charge < -0.3 is 30.1 Å². The summed E-state index contributed by atoms with van der Waals surface area (Å²) in [5.74, 6) is 0.0462. The van der Waals surface area contributed by atoms with Gasteiger partial charge in [0.05, 0.1) is 42.4 Å². The lowest BCUT2D eigenvalue weighted by molar-refractivity contribution is 0.0389. The van der Waals surface area contributed by atoms with E-state index in [-0.39, 0.29) is 53.8 Å². The van der Waals surface area contributed by atoms with E-state index in [1.54, 1.807) is 42.2 Å². The van der Waals surface area contributed by atoms with Gasteiger partial charge in [-0.2, -0.15) is 4.31 Å². The lowest BCUT2D eigenvalue weighted by atomic mass is 9.96. The Morgan fingerprint density at radius 2 is 1.86 bits per heavy atom. The number of para-hydroxylation sites is 1. The molecule has 0 unspecified atom stereocenters. The molecule has 3 atom stereocenters. The number of nitrogens with zero attached hydrogens (tertiary/aromatic N) is 2. The number of carbonyl (C=O) groups excluding carboxylic acids is 2. The maximum absolute atomic E-state index is 13.7. The van der Waals surface area contributed by atoms with Crippen molar-refractivity contribution < 1.29 is 32.6 Å². The average molecular weight is 603 g/mol. The quantitative estimate of drug-likeness (QED) is 0.398. The zero-order valence-electron chi connectivity index (χ0n) is 24.7. The molecular weight excluding hydrogens is 560 g/mol. The van der Waals surface area contributed by atoms with Crippen molar-refractivity contribution in [1.29, 1.82) is 0 Å². The summed E-state index contributed by atoms with van der Waals surface area (Å²) in [7, 11) is -0.887. The molecule has 230 valence electrons. The number of likely N-dealkylation sites (N-methyl/N-ethyl adjacent to an activating group) is 1. The number of nitrogens with one attached hydrogen (secondary N) is 2. The Morgan fingerprint density at radius 1 is 1.17 bits per heavy atom. The maximum Gasteiger partial charge on any atom is 0.319 e. The third kappa shape index (κ3) is 7.16. The van der Waals surface area contributed by atoms with Crippen LogP contribution in [0, 0.1) is 5.92 Å².